The van der Waals surface area contributed by atoms with Crippen LogP contribution in [0.1, 0.15) is 24.3 Å². The standard InChI is InChI=1S/C21H19FN2O6/c1-2-28-20(26)18-15(23-21(27)24-19(18)16-8-5-11-29-16)12-30-17(25)10-9-13-6-3-4-7-14(13)22/h3-11,19H,2,12H2,1H3,(H2,23,24,27)/b10-9+. The quantitative estimate of drug-likeness (QED) is 0.533. The first kappa shape index (κ1) is 20.8. The zero-order valence-electron chi connectivity index (χ0n) is 16.0. The van der Waals surface area contributed by atoms with Crippen LogP contribution in [0, 0.1) is 5.82 Å². The van der Waals surface area contributed by atoms with Gasteiger partial charge in [0.05, 0.1) is 24.1 Å². The normalized spacial score (nSPS) is 16.2. The maximum atomic E-state index is 13.6. The average molecular weight is 414 g/mol. The molecule has 1 aliphatic rings. The van der Waals surface area contributed by atoms with Crippen LogP contribution < -0.4 is 10.6 Å². The molecule has 0 saturated carbocycles. The first-order valence-corrected chi connectivity index (χ1v) is 9.10. The van der Waals surface area contributed by atoms with Crippen molar-refractivity contribution in [2.75, 3.05) is 13.2 Å². The number of halogens is 1. The number of hydrogen-bond acceptors (Lipinski definition) is 6. The molecule has 9 heteroatoms. The Hall–Kier alpha value is -3.88. The minimum atomic E-state index is -0.907. The molecule has 1 atom stereocenters. The zero-order valence-corrected chi connectivity index (χ0v) is 16.0. The Morgan fingerprint density at radius 2 is 2.00 bits per heavy atom. The van der Waals surface area contributed by atoms with E-state index in [0.717, 1.165) is 6.08 Å². The summed E-state index contributed by atoms with van der Waals surface area (Å²) in [5, 5.41) is 5.04. The van der Waals surface area contributed by atoms with Gasteiger partial charge in [-0.3, -0.25) is 0 Å². The summed E-state index contributed by atoms with van der Waals surface area (Å²) in [6.07, 6.45) is 3.72. The molecule has 156 valence electrons. The van der Waals surface area contributed by atoms with E-state index in [4.69, 9.17) is 13.9 Å². The second-order valence-corrected chi connectivity index (χ2v) is 6.12. The van der Waals surface area contributed by atoms with Crippen LogP contribution in [0.2, 0.25) is 0 Å². The van der Waals surface area contributed by atoms with Gasteiger partial charge in [-0.05, 0) is 31.2 Å². The van der Waals surface area contributed by atoms with Gasteiger partial charge in [0.25, 0.3) is 0 Å². The molecule has 2 N–H and O–H groups in total. The number of carbonyl (C=O) groups excluding carboxylic acids is 3. The Morgan fingerprint density at radius 3 is 2.70 bits per heavy atom. The summed E-state index contributed by atoms with van der Waals surface area (Å²) in [7, 11) is 0. The highest BCUT2D eigenvalue weighted by Gasteiger charge is 2.35. The molecule has 2 heterocycles. The average Bonchev–Trinajstić information content (AvgIpc) is 3.26. The third-order valence-corrected chi connectivity index (χ3v) is 4.14. The molecule has 1 aromatic heterocycles. The second kappa shape index (κ2) is 9.55. The maximum Gasteiger partial charge on any atom is 0.338 e. The highest BCUT2D eigenvalue weighted by molar-refractivity contribution is 5.95. The topological polar surface area (TPSA) is 107 Å². The van der Waals surface area contributed by atoms with E-state index in [1.54, 1.807) is 25.1 Å². The number of furan rings is 1. The van der Waals surface area contributed by atoms with Gasteiger partial charge in [-0.2, -0.15) is 0 Å². The lowest BCUT2D eigenvalue weighted by Gasteiger charge is -2.27. The number of nitrogens with one attached hydrogen (secondary N) is 2. The lowest BCUT2D eigenvalue weighted by atomic mass is 10.0. The number of hydrogen-bond donors (Lipinski definition) is 2. The molecule has 0 spiro atoms. The van der Waals surface area contributed by atoms with Gasteiger partial charge in [0, 0.05) is 11.6 Å². The molecule has 0 bridgehead atoms. The Balaban J connectivity index is 1.80. The minimum absolute atomic E-state index is 0.0530. The van der Waals surface area contributed by atoms with Gasteiger partial charge >= 0.3 is 18.0 Å². The van der Waals surface area contributed by atoms with Crippen LogP contribution in [0.15, 0.2) is 64.4 Å². The molecular formula is C21H19FN2O6. The van der Waals surface area contributed by atoms with Crippen molar-refractivity contribution in [2.45, 2.75) is 13.0 Å². The molecule has 1 aromatic carbocycles. The fraction of sp³-hybridized carbons (Fsp3) is 0.190. The zero-order chi connectivity index (χ0) is 21.5. The van der Waals surface area contributed by atoms with Gasteiger partial charge in [0.1, 0.15) is 24.2 Å². The van der Waals surface area contributed by atoms with Crippen molar-refractivity contribution in [3.63, 3.8) is 0 Å². The van der Waals surface area contributed by atoms with Gasteiger partial charge in [-0.15, -0.1) is 0 Å². The molecular weight excluding hydrogens is 395 g/mol. The van der Waals surface area contributed by atoms with E-state index in [9.17, 15) is 18.8 Å². The highest BCUT2D eigenvalue weighted by Crippen LogP contribution is 2.28. The molecule has 1 unspecified atom stereocenters. The first-order chi connectivity index (χ1) is 14.5. The SMILES string of the molecule is CCOC(=O)C1=C(COC(=O)/C=C/c2ccccc2F)NC(=O)NC1c1ccco1. The lowest BCUT2D eigenvalue weighted by Crippen LogP contribution is -2.47. The maximum absolute atomic E-state index is 13.6. The van der Waals surface area contributed by atoms with E-state index in [-0.39, 0.29) is 23.4 Å². The number of rotatable bonds is 7. The van der Waals surface area contributed by atoms with Crippen LogP contribution in [0.4, 0.5) is 9.18 Å². The number of ether oxygens (including phenoxy) is 2. The van der Waals surface area contributed by atoms with E-state index in [1.165, 1.54) is 30.5 Å². The van der Waals surface area contributed by atoms with E-state index >= 15 is 0 Å². The molecule has 2 amide bonds. The lowest BCUT2D eigenvalue weighted by molar-refractivity contribution is -0.140. The Bertz CT molecular complexity index is 997. The Morgan fingerprint density at radius 1 is 1.20 bits per heavy atom. The van der Waals surface area contributed by atoms with Gasteiger partial charge in [-0.25, -0.2) is 18.8 Å². The Labute approximate surface area is 171 Å². The minimum Gasteiger partial charge on any atom is -0.467 e. The molecule has 0 radical (unpaired) electrons. The number of benzene rings is 1. The predicted octanol–water partition coefficient (Wildman–Crippen LogP) is 2.85. The van der Waals surface area contributed by atoms with Crippen molar-refractivity contribution in [1.82, 2.24) is 10.6 Å². The summed E-state index contributed by atoms with van der Waals surface area (Å²) in [5.74, 6) is -1.65. The molecule has 1 aliphatic heterocycles. The Kier molecular flexibility index (Phi) is 6.63. The smallest absolute Gasteiger partial charge is 0.338 e. The third kappa shape index (κ3) is 4.93. The van der Waals surface area contributed by atoms with E-state index in [1.807, 2.05) is 0 Å². The van der Waals surface area contributed by atoms with Gasteiger partial charge in [0.2, 0.25) is 0 Å². The molecule has 0 saturated heterocycles. The van der Waals surface area contributed by atoms with Crippen LogP contribution in [0.3, 0.4) is 0 Å². The summed E-state index contributed by atoms with van der Waals surface area (Å²) in [6.45, 7) is 1.35. The molecule has 30 heavy (non-hydrogen) atoms. The highest BCUT2D eigenvalue weighted by atomic mass is 19.1. The summed E-state index contributed by atoms with van der Waals surface area (Å²) in [4.78, 5) is 36.6. The first-order valence-electron chi connectivity index (χ1n) is 9.10. The van der Waals surface area contributed by atoms with Gasteiger partial charge in [-0.1, -0.05) is 18.2 Å². The van der Waals surface area contributed by atoms with E-state index < -0.39 is 36.4 Å². The van der Waals surface area contributed by atoms with Crippen molar-refractivity contribution < 1.29 is 32.7 Å². The molecule has 0 aliphatic carbocycles. The second-order valence-electron chi connectivity index (χ2n) is 6.12. The number of esters is 2. The van der Waals surface area contributed by atoms with E-state index in [2.05, 4.69) is 10.6 Å². The summed E-state index contributed by atoms with van der Waals surface area (Å²) in [5.41, 5.74) is 0.331. The molecule has 3 rings (SSSR count). The number of carbonyl (C=O) groups is 3. The van der Waals surface area contributed by atoms with Gasteiger partial charge in [0.15, 0.2) is 0 Å². The van der Waals surface area contributed by atoms with Crippen molar-refractivity contribution in [2.24, 2.45) is 0 Å². The molecule has 8 nitrogen and oxygen atoms in total. The summed E-state index contributed by atoms with van der Waals surface area (Å²) < 4.78 is 29.1. The summed E-state index contributed by atoms with van der Waals surface area (Å²) in [6, 6.07) is 7.62. The molecule has 2 aromatic rings. The van der Waals surface area contributed by atoms with Crippen LogP contribution in [0.5, 0.6) is 0 Å². The molecule has 0 fully saturated rings. The number of urea groups is 1. The van der Waals surface area contributed by atoms with Crippen LogP contribution in [-0.4, -0.2) is 31.2 Å². The van der Waals surface area contributed by atoms with Crippen molar-refractivity contribution >= 4 is 24.0 Å². The number of amides is 2. The predicted molar refractivity (Wildman–Crippen MR) is 103 cm³/mol. The van der Waals surface area contributed by atoms with Crippen LogP contribution in [0.25, 0.3) is 6.08 Å². The van der Waals surface area contributed by atoms with Crippen molar-refractivity contribution in [3.05, 3.63) is 77.1 Å². The van der Waals surface area contributed by atoms with Gasteiger partial charge < -0.3 is 24.5 Å². The fourth-order valence-electron chi connectivity index (χ4n) is 2.81. The van der Waals surface area contributed by atoms with Crippen LogP contribution in [-0.2, 0) is 19.1 Å². The summed E-state index contributed by atoms with van der Waals surface area (Å²) >= 11 is 0. The van der Waals surface area contributed by atoms with Crippen LogP contribution >= 0.6 is 0 Å². The third-order valence-electron chi connectivity index (χ3n) is 4.14. The van der Waals surface area contributed by atoms with E-state index in [0.29, 0.717) is 5.76 Å². The van der Waals surface area contributed by atoms with Crippen molar-refractivity contribution in [3.8, 4) is 0 Å². The fourth-order valence-corrected chi connectivity index (χ4v) is 2.81. The monoisotopic (exact) mass is 414 g/mol. The van der Waals surface area contributed by atoms with Crippen molar-refractivity contribution in [1.29, 1.82) is 0 Å². The largest absolute Gasteiger partial charge is 0.467 e.